The second-order valence-electron chi connectivity index (χ2n) is 8.56. The molecule has 0 atom stereocenters. The Balaban J connectivity index is 1.42. The number of ether oxygens (including phenoxy) is 1. The highest BCUT2D eigenvalue weighted by molar-refractivity contribution is 7.80. The molecule has 1 N–H and O–H groups in total. The molecule has 186 valence electrons. The summed E-state index contributed by atoms with van der Waals surface area (Å²) in [5.41, 5.74) is 1.82. The zero-order chi connectivity index (χ0) is 24.2. The molecule has 3 aromatic rings. The van der Waals surface area contributed by atoms with Crippen molar-refractivity contribution in [3.63, 3.8) is 0 Å². The molecule has 6 nitrogen and oxygen atoms in total. The summed E-state index contributed by atoms with van der Waals surface area (Å²) >= 11 is 8.63. The van der Waals surface area contributed by atoms with Crippen molar-refractivity contribution in [1.29, 1.82) is 0 Å². The van der Waals surface area contributed by atoms with E-state index in [0.717, 1.165) is 97.5 Å². The second kappa shape index (κ2) is 14.5. The van der Waals surface area contributed by atoms with Gasteiger partial charge in [0.15, 0.2) is 0 Å². The van der Waals surface area contributed by atoms with Crippen LogP contribution in [0, 0.1) is 0 Å². The maximum absolute atomic E-state index is 6.02. The Labute approximate surface area is 214 Å². The molecule has 34 heavy (non-hydrogen) atoms. The third-order valence-electron chi connectivity index (χ3n) is 5.68. The van der Waals surface area contributed by atoms with Crippen LogP contribution in [0.5, 0.6) is 5.75 Å². The number of aromatic nitrogens is 1. The topological polar surface area (TPSA) is 53.8 Å². The Kier molecular flexibility index (Phi) is 11.4. The van der Waals surface area contributed by atoms with E-state index in [1.165, 1.54) is 6.42 Å². The molecule has 0 spiro atoms. The van der Waals surface area contributed by atoms with Crippen LogP contribution in [0.15, 0.2) is 47.0 Å². The van der Waals surface area contributed by atoms with Crippen molar-refractivity contribution < 1.29 is 9.15 Å². The Morgan fingerprint density at radius 3 is 2.56 bits per heavy atom. The monoisotopic (exact) mass is 502 g/mol. The van der Waals surface area contributed by atoms with E-state index in [-0.39, 0.29) is 0 Å². The van der Waals surface area contributed by atoms with Gasteiger partial charge < -0.3 is 24.3 Å². The van der Waals surface area contributed by atoms with Gasteiger partial charge in [0.2, 0.25) is 0 Å². The number of pyridine rings is 1. The summed E-state index contributed by atoms with van der Waals surface area (Å²) in [6.45, 7) is 5.90. The fourth-order valence-electron chi connectivity index (χ4n) is 3.77. The first kappa shape index (κ1) is 26.7. The molecule has 0 saturated heterocycles. The number of benzene rings is 1. The second-order valence-corrected chi connectivity index (χ2v) is 9.45. The van der Waals surface area contributed by atoms with E-state index in [4.69, 9.17) is 9.15 Å². The van der Waals surface area contributed by atoms with Gasteiger partial charge in [-0.1, -0.05) is 0 Å². The third-order valence-corrected chi connectivity index (χ3v) is 6.10. The maximum Gasteiger partial charge on any atom is 0.136 e. The van der Waals surface area contributed by atoms with Gasteiger partial charge in [-0.3, -0.25) is 0 Å². The summed E-state index contributed by atoms with van der Waals surface area (Å²) in [6.07, 6.45) is 5.22. The van der Waals surface area contributed by atoms with Crippen LogP contribution in [0.3, 0.4) is 0 Å². The van der Waals surface area contributed by atoms with Crippen LogP contribution in [0.2, 0.25) is 0 Å². The van der Waals surface area contributed by atoms with Crippen molar-refractivity contribution in [3.05, 3.63) is 42.6 Å². The van der Waals surface area contributed by atoms with Crippen molar-refractivity contribution in [1.82, 2.24) is 15.2 Å². The first-order valence-electron chi connectivity index (χ1n) is 12.1. The van der Waals surface area contributed by atoms with E-state index in [1.807, 2.05) is 49.5 Å². The number of hydrogen-bond donors (Lipinski definition) is 3. The number of unbranched alkanes of at least 4 members (excludes halogenated alkanes) is 2. The van der Waals surface area contributed by atoms with Crippen LogP contribution >= 0.6 is 25.3 Å². The molecule has 0 amide bonds. The van der Waals surface area contributed by atoms with Crippen LogP contribution in [0.25, 0.3) is 22.3 Å². The van der Waals surface area contributed by atoms with Crippen LogP contribution in [0.1, 0.15) is 19.3 Å². The van der Waals surface area contributed by atoms with Crippen molar-refractivity contribution in [2.45, 2.75) is 19.3 Å². The van der Waals surface area contributed by atoms with Gasteiger partial charge in [0.05, 0.1) is 6.61 Å². The molecule has 0 radical (unpaired) electrons. The largest absolute Gasteiger partial charge is 0.494 e. The molecule has 2 heterocycles. The van der Waals surface area contributed by atoms with Crippen LogP contribution < -0.4 is 15.0 Å². The highest BCUT2D eigenvalue weighted by Gasteiger charge is 2.09. The number of nitrogens with one attached hydrogen (secondary N) is 1. The van der Waals surface area contributed by atoms with Crippen molar-refractivity contribution in [2.24, 2.45) is 0 Å². The van der Waals surface area contributed by atoms with Crippen LogP contribution in [0.4, 0.5) is 5.82 Å². The quantitative estimate of drug-likeness (QED) is 0.192. The number of anilines is 1. The molecule has 0 bridgehead atoms. The molecule has 1 aromatic carbocycles. The Morgan fingerprint density at radius 1 is 0.941 bits per heavy atom. The van der Waals surface area contributed by atoms with E-state index in [0.29, 0.717) is 0 Å². The van der Waals surface area contributed by atoms with E-state index in [9.17, 15) is 0 Å². The highest BCUT2D eigenvalue weighted by Crippen LogP contribution is 2.30. The number of thiol groups is 2. The molecule has 3 rings (SSSR count). The summed E-state index contributed by atoms with van der Waals surface area (Å²) in [5, 5.41) is 4.45. The van der Waals surface area contributed by atoms with Gasteiger partial charge in [0.1, 0.15) is 22.9 Å². The summed E-state index contributed by atoms with van der Waals surface area (Å²) in [5.74, 6) is 4.39. The number of nitrogens with zero attached hydrogens (tertiary/aromatic N) is 3. The van der Waals surface area contributed by atoms with Crippen LogP contribution in [-0.4, -0.2) is 74.8 Å². The Bertz CT molecular complexity index is 979. The lowest BCUT2D eigenvalue weighted by atomic mass is 10.2. The number of fused-ring (bicyclic) bond motifs is 1. The summed E-state index contributed by atoms with van der Waals surface area (Å²) in [7, 11) is 3.96. The molecule has 0 aliphatic carbocycles. The predicted octanol–water partition coefficient (Wildman–Crippen LogP) is 4.86. The third kappa shape index (κ3) is 8.41. The molecule has 0 unspecified atom stereocenters. The molecular weight excluding hydrogens is 464 g/mol. The lowest BCUT2D eigenvalue weighted by Crippen LogP contribution is -2.34. The van der Waals surface area contributed by atoms with Crippen molar-refractivity contribution >= 4 is 42.0 Å². The normalized spacial score (nSPS) is 11.4. The molecule has 0 fully saturated rings. The summed E-state index contributed by atoms with van der Waals surface area (Å²) < 4.78 is 12.0. The SMILES string of the molecule is CN(C)c1ccc(-c2cc3cc(OCCCCCN(CCS)CCNCCS)ccc3o2)cn1. The van der Waals surface area contributed by atoms with E-state index in [2.05, 4.69) is 52.6 Å². The average molecular weight is 503 g/mol. The smallest absolute Gasteiger partial charge is 0.136 e. The zero-order valence-electron chi connectivity index (χ0n) is 20.4. The Hall–Kier alpha value is -1.87. The molecule has 0 aliphatic rings. The van der Waals surface area contributed by atoms with Gasteiger partial charge in [-0.15, -0.1) is 0 Å². The Morgan fingerprint density at radius 2 is 1.82 bits per heavy atom. The minimum absolute atomic E-state index is 0.724. The minimum atomic E-state index is 0.724. The van der Waals surface area contributed by atoms with Gasteiger partial charge in [0.25, 0.3) is 0 Å². The number of furan rings is 1. The minimum Gasteiger partial charge on any atom is -0.494 e. The summed E-state index contributed by atoms with van der Waals surface area (Å²) in [4.78, 5) is 8.94. The zero-order valence-corrected chi connectivity index (χ0v) is 22.2. The van der Waals surface area contributed by atoms with Crippen molar-refractivity contribution in [3.8, 4) is 17.1 Å². The highest BCUT2D eigenvalue weighted by atomic mass is 32.1. The molecule has 0 aliphatic heterocycles. The lowest BCUT2D eigenvalue weighted by molar-refractivity contribution is 0.270. The standard InChI is InChI=1S/C26H38N4O2S2/c1-29(2)26-9-6-21(20-28-26)25-19-22-18-23(7-8-24(22)32-25)31-15-5-3-4-12-30(14-17-34)13-10-27-11-16-33/h6-9,18-20,27,33-34H,3-5,10-17H2,1-2H3. The maximum atomic E-state index is 6.02. The van der Waals surface area contributed by atoms with Gasteiger partial charge in [0, 0.05) is 68.9 Å². The van der Waals surface area contributed by atoms with Gasteiger partial charge in [-0.2, -0.15) is 25.3 Å². The van der Waals surface area contributed by atoms with Gasteiger partial charge in [-0.25, -0.2) is 4.98 Å². The van der Waals surface area contributed by atoms with Gasteiger partial charge in [-0.05, 0) is 62.2 Å². The molecule has 8 heteroatoms. The van der Waals surface area contributed by atoms with Crippen LogP contribution in [-0.2, 0) is 0 Å². The van der Waals surface area contributed by atoms with Gasteiger partial charge >= 0.3 is 0 Å². The van der Waals surface area contributed by atoms with E-state index in [1.54, 1.807) is 0 Å². The first-order valence-corrected chi connectivity index (χ1v) is 13.3. The molecule has 2 aromatic heterocycles. The average Bonchev–Trinajstić information content (AvgIpc) is 3.27. The fourth-order valence-corrected chi connectivity index (χ4v) is 4.21. The first-order chi connectivity index (χ1) is 16.6. The van der Waals surface area contributed by atoms with E-state index < -0.39 is 0 Å². The lowest BCUT2D eigenvalue weighted by Gasteiger charge is -2.21. The predicted molar refractivity (Wildman–Crippen MR) is 150 cm³/mol. The molecular formula is C26H38N4O2S2. The summed E-state index contributed by atoms with van der Waals surface area (Å²) in [6, 6.07) is 12.1. The van der Waals surface area contributed by atoms with Crippen molar-refractivity contribution in [2.75, 3.05) is 69.8 Å². The number of rotatable bonds is 16. The fraction of sp³-hybridized carbons (Fsp3) is 0.500. The number of hydrogen-bond acceptors (Lipinski definition) is 8. The molecule has 0 saturated carbocycles. The van der Waals surface area contributed by atoms with E-state index >= 15 is 0 Å².